The summed E-state index contributed by atoms with van der Waals surface area (Å²) in [7, 11) is 0. The zero-order valence-electron chi connectivity index (χ0n) is 17.0. The average molecular weight is 350 g/mol. The van der Waals surface area contributed by atoms with Crippen molar-refractivity contribution in [2.75, 3.05) is 32.9 Å². The quantitative estimate of drug-likeness (QED) is 0.500. The van der Waals surface area contributed by atoms with Crippen LogP contribution in [0.5, 0.6) is 0 Å². The Balaban J connectivity index is -0.000000374. The van der Waals surface area contributed by atoms with Crippen molar-refractivity contribution in [3.05, 3.63) is 0 Å². The Hall–Kier alpha value is -0.650. The van der Waals surface area contributed by atoms with Crippen molar-refractivity contribution in [3.63, 3.8) is 0 Å². The van der Waals surface area contributed by atoms with Crippen LogP contribution >= 0.6 is 0 Å². The highest BCUT2D eigenvalue weighted by atomic mass is 16.3. The van der Waals surface area contributed by atoms with Crippen LogP contribution < -0.4 is 0 Å². The Kier molecular flexibility index (Phi) is 23.9. The molecule has 5 heteroatoms. The Morgan fingerprint density at radius 2 is 1.25 bits per heavy atom. The van der Waals surface area contributed by atoms with Gasteiger partial charge in [-0.3, -0.25) is 4.79 Å². The molecule has 24 heavy (non-hydrogen) atoms. The van der Waals surface area contributed by atoms with E-state index in [4.69, 9.17) is 15.3 Å². The summed E-state index contributed by atoms with van der Waals surface area (Å²) in [5.74, 6) is 0.349. The zero-order valence-corrected chi connectivity index (χ0v) is 17.0. The van der Waals surface area contributed by atoms with E-state index in [1.54, 1.807) is 6.92 Å². The second-order valence-corrected chi connectivity index (χ2v) is 6.12. The number of aliphatic hydroxyl groups excluding tert-OH is 3. The van der Waals surface area contributed by atoms with Crippen molar-refractivity contribution in [2.45, 2.75) is 80.1 Å². The van der Waals surface area contributed by atoms with Gasteiger partial charge in [-0.05, 0) is 19.3 Å². The molecule has 0 unspecified atom stereocenters. The number of amides is 1. The monoisotopic (exact) mass is 349 g/mol. The number of rotatable bonds is 11. The van der Waals surface area contributed by atoms with Crippen molar-refractivity contribution >= 4 is 5.91 Å². The second kappa shape index (κ2) is 20.4. The summed E-state index contributed by atoms with van der Waals surface area (Å²) in [6.45, 7) is 13.3. The van der Waals surface area contributed by atoms with Crippen molar-refractivity contribution in [1.82, 2.24) is 4.90 Å². The first-order valence-electron chi connectivity index (χ1n) is 9.54. The van der Waals surface area contributed by atoms with E-state index in [0.717, 1.165) is 38.8 Å². The molecule has 0 saturated heterocycles. The number of hydrogen-bond donors (Lipinski definition) is 3. The van der Waals surface area contributed by atoms with E-state index in [0.29, 0.717) is 5.91 Å². The molecule has 0 atom stereocenters. The van der Waals surface area contributed by atoms with Gasteiger partial charge in [0.15, 0.2) is 0 Å². The number of carbonyl (C=O) groups excluding carboxylic acids is 1. The molecule has 0 aromatic heterocycles. The minimum absolute atomic E-state index is 0.181. The van der Waals surface area contributed by atoms with Gasteiger partial charge in [-0.15, -0.1) is 0 Å². The summed E-state index contributed by atoms with van der Waals surface area (Å²) in [6, 6.07) is 0. The molecule has 148 valence electrons. The summed E-state index contributed by atoms with van der Waals surface area (Å²) in [4.78, 5) is 13.7. The molecule has 1 amide bonds. The van der Waals surface area contributed by atoms with Gasteiger partial charge in [0.2, 0.25) is 5.91 Å². The third-order valence-electron chi connectivity index (χ3n) is 3.48. The molecule has 0 radical (unpaired) electrons. The lowest BCUT2D eigenvalue weighted by molar-refractivity contribution is -0.131. The maximum Gasteiger partial charge on any atom is 0.222 e. The summed E-state index contributed by atoms with van der Waals surface area (Å²) < 4.78 is 0. The molecule has 0 rings (SSSR count). The topological polar surface area (TPSA) is 81.0 Å². The lowest BCUT2D eigenvalue weighted by atomic mass is 9.95. The summed E-state index contributed by atoms with van der Waals surface area (Å²) in [5.41, 5.74) is -0.708. The fourth-order valence-corrected chi connectivity index (χ4v) is 1.74. The zero-order chi connectivity index (χ0) is 19.4. The van der Waals surface area contributed by atoms with E-state index in [9.17, 15) is 4.79 Å². The minimum Gasteiger partial charge on any atom is -0.396 e. The van der Waals surface area contributed by atoms with E-state index < -0.39 is 5.41 Å². The molecule has 0 aliphatic rings. The molecular weight excluding hydrogens is 306 g/mol. The Labute approximate surface area is 150 Å². The predicted molar refractivity (Wildman–Crippen MR) is 102 cm³/mol. The van der Waals surface area contributed by atoms with Crippen LogP contribution in [0, 0.1) is 5.41 Å². The van der Waals surface area contributed by atoms with E-state index in [-0.39, 0.29) is 19.8 Å². The van der Waals surface area contributed by atoms with Gasteiger partial charge in [0, 0.05) is 24.9 Å². The molecular formula is C19H43NO4. The van der Waals surface area contributed by atoms with Crippen LogP contribution in [0.4, 0.5) is 0 Å². The molecule has 0 aromatic carbocycles. The van der Waals surface area contributed by atoms with E-state index in [1.807, 2.05) is 18.7 Å². The largest absolute Gasteiger partial charge is 0.396 e. The van der Waals surface area contributed by atoms with Gasteiger partial charge in [0.1, 0.15) is 0 Å². The normalized spacial score (nSPS) is 10.2. The first-order chi connectivity index (χ1) is 11.4. The third kappa shape index (κ3) is 16.2. The SMILES string of the molecule is CC.CC(CO)(CO)CO.CCCCCC(=O)N(CCC)CCC. The van der Waals surface area contributed by atoms with Gasteiger partial charge in [0.05, 0.1) is 19.8 Å². The molecule has 0 spiro atoms. The van der Waals surface area contributed by atoms with Crippen LogP contribution in [-0.4, -0.2) is 59.0 Å². The fraction of sp³-hybridized carbons (Fsp3) is 0.947. The first-order valence-corrected chi connectivity index (χ1v) is 9.54. The van der Waals surface area contributed by atoms with Crippen LogP contribution in [-0.2, 0) is 4.79 Å². The van der Waals surface area contributed by atoms with E-state index >= 15 is 0 Å². The molecule has 0 bridgehead atoms. The first kappa shape index (κ1) is 28.2. The van der Waals surface area contributed by atoms with Crippen LogP contribution in [0.1, 0.15) is 80.1 Å². The van der Waals surface area contributed by atoms with Gasteiger partial charge in [-0.2, -0.15) is 0 Å². The maximum atomic E-state index is 11.7. The maximum absolute atomic E-state index is 11.7. The highest BCUT2D eigenvalue weighted by Gasteiger charge is 2.20. The van der Waals surface area contributed by atoms with Gasteiger partial charge in [-0.25, -0.2) is 0 Å². The number of unbranched alkanes of at least 4 members (excludes halogenated alkanes) is 2. The molecule has 0 heterocycles. The highest BCUT2D eigenvalue weighted by Crippen LogP contribution is 2.11. The standard InChI is InChI=1S/C12H25NO.C5H12O3.C2H6/c1-4-7-8-9-12(14)13(10-5-2)11-6-3;1-5(2-6,3-7)4-8;1-2/h4-11H2,1-3H3;6-8H,2-4H2,1H3;1-2H3. The molecule has 0 saturated carbocycles. The number of aliphatic hydroxyl groups is 3. The van der Waals surface area contributed by atoms with Crippen LogP contribution in [0.2, 0.25) is 0 Å². The summed E-state index contributed by atoms with van der Waals surface area (Å²) >= 11 is 0. The van der Waals surface area contributed by atoms with Gasteiger partial charge in [0.25, 0.3) is 0 Å². The summed E-state index contributed by atoms with van der Waals surface area (Å²) in [5, 5.41) is 25.4. The lowest BCUT2D eigenvalue weighted by Crippen LogP contribution is -2.32. The molecule has 0 fully saturated rings. The summed E-state index contributed by atoms with van der Waals surface area (Å²) in [6.07, 6.45) is 6.30. The van der Waals surface area contributed by atoms with Crippen molar-refractivity contribution in [1.29, 1.82) is 0 Å². The van der Waals surface area contributed by atoms with Crippen molar-refractivity contribution in [3.8, 4) is 0 Å². The second-order valence-electron chi connectivity index (χ2n) is 6.12. The molecule has 5 nitrogen and oxygen atoms in total. The van der Waals surface area contributed by atoms with Gasteiger partial charge >= 0.3 is 0 Å². The van der Waals surface area contributed by atoms with Gasteiger partial charge in [-0.1, -0.05) is 54.4 Å². The number of nitrogens with zero attached hydrogens (tertiary/aromatic N) is 1. The lowest BCUT2D eigenvalue weighted by Gasteiger charge is -2.21. The van der Waals surface area contributed by atoms with E-state index in [2.05, 4.69) is 20.8 Å². The molecule has 0 aromatic rings. The Morgan fingerprint density at radius 3 is 1.50 bits per heavy atom. The number of hydrogen-bond acceptors (Lipinski definition) is 4. The molecule has 3 N–H and O–H groups in total. The average Bonchev–Trinajstić information content (AvgIpc) is 2.63. The number of carbonyl (C=O) groups is 1. The van der Waals surface area contributed by atoms with Crippen molar-refractivity contribution < 1.29 is 20.1 Å². The Morgan fingerprint density at radius 1 is 0.833 bits per heavy atom. The third-order valence-corrected chi connectivity index (χ3v) is 3.48. The smallest absolute Gasteiger partial charge is 0.222 e. The van der Waals surface area contributed by atoms with Crippen LogP contribution in [0.3, 0.4) is 0 Å². The van der Waals surface area contributed by atoms with E-state index in [1.165, 1.54) is 12.8 Å². The predicted octanol–water partition coefficient (Wildman–Crippen LogP) is 3.21. The van der Waals surface area contributed by atoms with Crippen LogP contribution in [0.15, 0.2) is 0 Å². The van der Waals surface area contributed by atoms with Crippen LogP contribution in [0.25, 0.3) is 0 Å². The van der Waals surface area contributed by atoms with Crippen molar-refractivity contribution in [2.24, 2.45) is 5.41 Å². The molecule has 0 aliphatic carbocycles. The Bertz CT molecular complexity index is 241. The highest BCUT2D eigenvalue weighted by molar-refractivity contribution is 5.76. The fourth-order valence-electron chi connectivity index (χ4n) is 1.74. The minimum atomic E-state index is -0.708. The molecule has 0 aliphatic heterocycles. The van der Waals surface area contributed by atoms with Gasteiger partial charge < -0.3 is 20.2 Å².